The molecule has 1 unspecified atom stereocenters. The summed E-state index contributed by atoms with van der Waals surface area (Å²) in [4.78, 5) is 4.24. The first-order valence-corrected chi connectivity index (χ1v) is 7.95. The quantitative estimate of drug-likeness (QED) is 0.687. The first kappa shape index (κ1) is 16.2. The van der Waals surface area contributed by atoms with Crippen molar-refractivity contribution in [2.24, 2.45) is 0 Å². The molecule has 0 spiro atoms. The Labute approximate surface area is 139 Å². The van der Waals surface area contributed by atoms with Crippen LogP contribution in [0.2, 0.25) is 0 Å². The Morgan fingerprint density at radius 2 is 2.00 bits per heavy atom. The fraction of sp³-hybridized carbons (Fsp3) is 0.0625. The molecule has 24 heavy (non-hydrogen) atoms. The molecule has 124 valence electrons. The largest absolute Gasteiger partial charge is 0.497 e. The minimum absolute atomic E-state index is 0.00686. The summed E-state index contributed by atoms with van der Waals surface area (Å²) in [5, 5.41) is 0.705. The molecule has 2 N–H and O–H groups in total. The van der Waals surface area contributed by atoms with E-state index in [1.54, 1.807) is 37.6 Å². The highest BCUT2D eigenvalue weighted by Gasteiger charge is 2.10. The van der Waals surface area contributed by atoms with Gasteiger partial charge in [-0.1, -0.05) is 0 Å². The molecule has 0 saturated heterocycles. The van der Waals surface area contributed by atoms with Gasteiger partial charge >= 0.3 is 0 Å². The Bertz CT molecular complexity index is 920. The van der Waals surface area contributed by atoms with Gasteiger partial charge in [-0.25, -0.2) is 8.60 Å². The van der Waals surface area contributed by atoms with Gasteiger partial charge in [0.15, 0.2) is 11.6 Å². The average molecular weight is 348 g/mol. The highest BCUT2D eigenvalue weighted by Crippen LogP contribution is 2.32. The minimum Gasteiger partial charge on any atom is -0.497 e. The molecule has 0 radical (unpaired) electrons. The summed E-state index contributed by atoms with van der Waals surface area (Å²) in [7, 11) is 1.56. The topological polar surface area (TPSA) is 80.7 Å². The van der Waals surface area contributed by atoms with Crippen LogP contribution >= 0.6 is 0 Å². The van der Waals surface area contributed by atoms with Gasteiger partial charge in [0.25, 0.3) is 11.3 Å². The van der Waals surface area contributed by atoms with Crippen LogP contribution in [0.15, 0.2) is 48.7 Å². The van der Waals surface area contributed by atoms with Crippen molar-refractivity contribution in [1.29, 1.82) is 0 Å². The van der Waals surface area contributed by atoms with Crippen molar-refractivity contribution in [3.8, 4) is 17.2 Å². The third kappa shape index (κ3) is 3.44. The van der Waals surface area contributed by atoms with Crippen LogP contribution in [0.25, 0.3) is 10.9 Å². The number of nitrogens with one attached hydrogen (secondary N) is 1. The predicted octanol–water partition coefficient (Wildman–Crippen LogP) is 3.72. The zero-order chi connectivity index (χ0) is 17.1. The van der Waals surface area contributed by atoms with Crippen molar-refractivity contribution in [3.05, 3.63) is 54.5 Å². The molecule has 2 aromatic carbocycles. The van der Waals surface area contributed by atoms with Gasteiger partial charge in [0.1, 0.15) is 11.5 Å². The maximum Gasteiger partial charge on any atom is 0.259 e. The Kier molecular flexibility index (Phi) is 4.59. The van der Waals surface area contributed by atoms with Gasteiger partial charge in [0.2, 0.25) is 0 Å². The molecule has 0 aliphatic rings. The summed E-state index contributed by atoms with van der Waals surface area (Å²) < 4.78 is 46.5. The number of rotatable bonds is 5. The van der Waals surface area contributed by atoms with Crippen molar-refractivity contribution >= 4 is 27.9 Å². The molecule has 0 fully saturated rings. The molecule has 8 heteroatoms. The molecule has 1 aromatic heterocycles. The SMILES string of the molecule is COc1ccc2c(Oc3ccc(NS(=O)O)cc3F)ccnc2c1. The molecule has 0 amide bonds. The molecular formula is C16H13FN2O4S. The number of methoxy groups -OCH3 is 1. The normalized spacial score (nSPS) is 12.0. The van der Waals surface area contributed by atoms with Crippen molar-refractivity contribution < 1.29 is 22.6 Å². The number of halogens is 1. The predicted molar refractivity (Wildman–Crippen MR) is 89.2 cm³/mol. The lowest BCUT2D eigenvalue weighted by atomic mass is 10.2. The van der Waals surface area contributed by atoms with Crippen molar-refractivity contribution in [3.63, 3.8) is 0 Å². The summed E-state index contributed by atoms with van der Waals surface area (Å²) in [6, 6.07) is 10.8. The molecule has 1 heterocycles. The zero-order valence-electron chi connectivity index (χ0n) is 12.5. The number of hydrogen-bond donors (Lipinski definition) is 2. The summed E-state index contributed by atoms with van der Waals surface area (Å²) in [5.74, 6) is 0.426. The molecule has 1 atom stereocenters. The van der Waals surface area contributed by atoms with Crippen molar-refractivity contribution in [2.75, 3.05) is 11.8 Å². The second-order valence-electron chi connectivity index (χ2n) is 4.79. The molecule has 0 aliphatic heterocycles. The maximum atomic E-state index is 14.1. The second kappa shape index (κ2) is 6.81. The Morgan fingerprint density at radius 3 is 2.71 bits per heavy atom. The first-order valence-electron chi connectivity index (χ1n) is 6.84. The van der Waals surface area contributed by atoms with Crippen LogP contribution in [-0.2, 0) is 11.3 Å². The number of anilines is 1. The second-order valence-corrected chi connectivity index (χ2v) is 5.49. The van der Waals surface area contributed by atoms with Crippen LogP contribution in [0.5, 0.6) is 17.2 Å². The molecule has 3 aromatic rings. The highest BCUT2D eigenvalue weighted by atomic mass is 32.2. The molecule has 0 saturated carbocycles. The van der Waals surface area contributed by atoms with E-state index in [1.165, 1.54) is 12.1 Å². The van der Waals surface area contributed by atoms with Crippen LogP contribution < -0.4 is 14.2 Å². The van der Waals surface area contributed by atoms with Gasteiger partial charge < -0.3 is 9.47 Å². The number of fused-ring (bicyclic) bond motifs is 1. The van der Waals surface area contributed by atoms with E-state index >= 15 is 0 Å². The van der Waals surface area contributed by atoms with Gasteiger partial charge in [-0.2, -0.15) is 0 Å². The van der Waals surface area contributed by atoms with Crippen LogP contribution in [0.3, 0.4) is 0 Å². The Morgan fingerprint density at radius 1 is 1.17 bits per heavy atom. The fourth-order valence-electron chi connectivity index (χ4n) is 2.18. The smallest absolute Gasteiger partial charge is 0.259 e. The zero-order valence-corrected chi connectivity index (χ0v) is 13.3. The van der Waals surface area contributed by atoms with Gasteiger partial charge in [0, 0.05) is 23.7 Å². The third-order valence-corrected chi connectivity index (χ3v) is 3.68. The summed E-state index contributed by atoms with van der Waals surface area (Å²) in [6.07, 6.45) is 1.56. The van der Waals surface area contributed by atoms with Gasteiger partial charge in [0.05, 0.1) is 18.3 Å². The number of pyridine rings is 1. The number of aromatic nitrogens is 1. The monoisotopic (exact) mass is 348 g/mol. The number of nitrogens with zero attached hydrogens (tertiary/aromatic N) is 1. The molecule has 3 rings (SSSR count). The lowest BCUT2D eigenvalue weighted by Gasteiger charge is -2.11. The summed E-state index contributed by atoms with van der Waals surface area (Å²) in [5.41, 5.74) is 0.825. The standard InChI is InChI=1S/C16H13FN2O4S/c1-22-11-3-4-12-14(9-11)18-7-6-15(12)23-16-5-2-10(8-13(16)17)19-24(20)21/h2-9,19H,1H3,(H,20,21). The van der Waals surface area contributed by atoms with Crippen LogP contribution in [0.1, 0.15) is 0 Å². The van der Waals surface area contributed by atoms with E-state index in [0.717, 1.165) is 6.07 Å². The van der Waals surface area contributed by atoms with Crippen LogP contribution in [0.4, 0.5) is 10.1 Å². The fourth-order valence-corrected chi connectivity index (χ4v) is 2.51. The maximum absolute atomic E-state index is 14.1. The number of ether oxygens (including phenoxy) is 2. The minimum atomic E-state index is -2.27. The summed E-state index contributed by atoms with van der Waals surface area (Å²) in [6.45, 7) is 0. The number of benzene rings is 2. The van der Waals surface area contributed by atoms with Crippen LogP contribution in [-0.4, -0.2) is 20.9 Å². The highest BCUT2D eigenvalue weighted by molar-refractivity contribution is 7.80. The average Bonchev–Trinajstić information content (AvgIpc) is 2.56. The molecule has 6 nitrogen and oxygen atoms in total. The Balaban J connectivity index is 1.93. The lowest BCUT2D eigenvalue weighted by molar-refractivity contribution is 0.415. The van der Waals surface area contributed by atoms with E-state index in [1.807, 2.05) is 0 Å². The van der Waals surface area contributed by atoms with Crippen molar-refractivity contribution in [2.45, 2.75) is 0 Å². The lowest BCUT2D eigenvalue weighted by Crippen LogP contribution is -2.02. The Hall–Kier alpha value is -2.71. The molecule has 0 bridgehead atoms. The third-order valence-electron chi connectivity index (χ3n) is 3.27. The van der Waals surface area contributed by atoms with Gasteiger partial charge in [-0.05, 0) is 30.3 Å². The van der Waals surface area contributed by atoms with E-state index in [2.05, 4.69) is 9.71 Å². The van der Waals surface area contributed by atoms with E-state index in [4.69, 9.17) is 14.0 Å². The van der Waals surface area contributed by atoms with Gasteiger partial charge in [-0.15, -0.1) is 0 Å². The van der Waals surface area contributed by atoms with E-state index < -0.39 is 17.1 Å². The number of hydrogen-bond acceptors (Lipinski definition) is 4. The summed E-state index contributed by atoms with van der Waals surface area (Å²) >= 11 is -2.27. The van der Waals surface area contributed by atoms with Crippen LogP contribution in [0, 0.1) is 5.82 Å². The van der Waals surface area contributed by atoms with Crippen molar-refractivity contribution in [1.82, 2.24) is 4.98 Å². The molecule has 0 aliphatic carbocycles. The van der Waals surface area contributed by atoms with E-state index in [-0.39, 0.29) is 11.4 Å². The van der Waals surface area contributed by atoms with E-state index in [0.29, 0.717) is 22.4 Å². The molecular weight excluding hydrogens is 335 g/mol. The first-order chi connectivity index (χ1) is 11.6. The van der Waals surface area contributed by atoms with E-state index in [9.17, 15) is 8.60 Å². The van der Waals surface area contributed by atoms with Gasteiger partial charge in [-0.3, -0.25) is 14.3 Å².